The van der Waals surface area contributed by atoms with Crippen LogP contribution in [0.3, 0.4) is 0 Å². The van der Waals surface area contributed by atoms with Gasteiger partial charge in [0.25, 0.3) is 0 Å². The Morgan fingerprint density at radius 2 is 2.04 bits per heavy atom. The number of aryl methyl sites for hydroxylation is 2. The van der Waals surface area contributed by atoms with Gasteiger partial charge in [-0.25, -0.2) is 0 Å². The van der Waals surface area contributed by atoms with Crippen LogP contribution in [0.15, 0.2) is 24.3 Å². The number of aromatic nitrogens is 2. The normalized spacial score (nSPS) is 10.9. The molecule has 0 fully saturated rings. The minimum Gasteiger partial charge on any atom is -0.493 e. The molecule has 0 saturated carbocycles. The van der Waals surface area contributed by atoms with E-state index in [1.165, 1.54) is 6.08 Å². The highest BCUT2D eigenvalue weighted by atomic mass is 35.5. The maximum absolute atomic E-state index is 11.9. The number of carbonyl (C=O) groups is 1. The van der Waals surface area contributed by atoms with Gasteiger partial charge in [-0.15, -0.1) is 0 Å². The molecule has 134 valence electrons. The van der Waals surface area contributed by atoms with Crippen LogP contribution in [0.4, 0.5) is 0 Å². The molecule has 0 aliphatic rings. The van der Waals surface area contributed by atoms with Crippen LogP contribution < -0.4 is 14.8 Å². The zero-order valence-corrected chi connectivity index (χ0v) is 15.6. The van der Waals surface area contributed by atoms with Gasteiger partial charge in [-0.3, -0.25) is 9.48 Å². The van der Waals surface area contributed by atoms with E-state index in [-0.39, 0.29) is 5.91 Å². The topological polar surface area (TPSA) is 65.4 Å². The van der Waals surface area contributed by atoms with Gasteiger partial charge in [-0.1, -0.05) is 17.7 Å². The molecule has 6 nitrogen and oxygen atoms in total. The number of ether oxygens (including phenoxy) is 2. The second-order valence-electron chi connectivity index (χ2n) is 5.48. The lowest BCUT2D eigenvalue weighted by atomic mass is 10.1. The first-order chi connectivity index (χ1) is 12.0. The molecule has 1 N–H and O–H groups in total. The summed E-state index contributed by atoms with van der Waals surface area (Å²) in [4.78, 5) is 11.9. The number of carbonyl (C=O) groups excluding carboxylic acids is 1. The molecule has 1 heterocycles. The van der Waals surface area contributed by atoms with Crippen molar-refractivity contribution in [2.45, 2.75) is 13.3 Å². The third-order valence-corrected chi connectivity index (χ3v) is 4.21. The summed E-state index contributed by atoms with van der Waals surface area (Å²) in [6.07, 6.45) is 3.83. The number of halogens is 1. The summed E-state index contributed by atoms with van der Waals surface area (Å²) in [7, 11) is 4.95. The smallest absolute Gasteiger partial charge is 0.244 e. The largest absolute Gasteiger partial charge is 0.493 e. The summed E-state index contributed by atoms with van der Waals surface area (Å²) in [5.74, 6) is 1.18. The van der Waals surface area contributed by atoms with E-state index in [4.69, 9.17) is 21.1 Å². The summed E-state index contributed by atoms with van der Waals surface area (Å²) < 4.78 is 12.1. The van der Waals surface area contributed by atoms with E-state index in [0.29, 0.717) is 29.6 Å². The van der Waals surface area contributed by atoms with Gasteiger partial charge in [0.05, 0.1) is 19.9 Å². The van der Waals surface area contributed by atoms with Crippen molar-refractivity contribution >= 4 is 23.6 Å². The number of nitrogens with one attached hydrogen (secondary N) is 1. The van der Waals surface area contributed by atoms with E-state index in [1.807, 2.05) is 25.1 Å². The number of hydrogen-bond donors (Lipinski definition) is 1. The van der Waals surface area contributed by atoms with E-state index in [9.17, 15) is 4.79 Å². The van der Waals surface area contributed by atoms with E-state index in [1.54, 1.807) is 32.0 Å². The summed E-state index contributed by atoms with van der Waals surface area (Å²) in [6.45, 7) is 2.36. The molecule has 2 rings (SSSR count). The first-order valence-electron chi connectivity index (χ1n) is 7.82. The highest BCUT2D eigenvalue weighted by Gasteiger charge is 2.08. The zero-order chi connectivity index (χ0) is 18.4. The number of methoxy groups -OCH3 is 2. The molecular weight excluding hydrogens is 342 g/mol. The molecule has 1 amide bonds. The van der Waals surface area contributed by atoms with Crippen LogP contribution in [0.1, 0.15) is 16.8 Å². The minimum absolute atomic E-state index is 0.181. The molecule has 0 aliphatic heterocycles. The maximum atomic E-state index is 11.9. The van der Waals surface area contributed by atoms with Gasteiger partial charge >= 0.3 is 0 Å². The lowest BCUT2D eigenvalue weighted by Gasteiger charge is -2.09. The van der Waals surface area contributed by atoms with Crippen LogP contribution in [0, 0.1) is 6.92 Å². The standard InChI is InChI=1S/C18H22ClN3O3/c1-12-14(18(19)22(2)21-12)6-8-17(23)20-10-9-13-5-7-15(24-3)16(11-13)25-4/h5-8,11H,9-10H2,1-4H3,(H,20,23)/b8-6+. The second kappa shape index (κ2) is 8.58. The van der Waals surface area contributed by atoms with Crippen LogP contribution in [0.25, 0.3) is 6.08 Å². The molecule has 7 heteroatoms. The van der Waals surface area contributed by atoms with Crippen LogP contribution in [-0.2, 0) is 18.3 Å². The van der Waals surface area contributed by atoms with Crippen molar-refractivity contribution < 1.29 is 14.3 Å². The van der Waals surface area contributed by atoms with E-state index in [2.05, 4.69) is 10.4 Å². The fourth-order valence-corrected chi connectivity index (χ4v) is 2.66. The Labute approximate surface area is 152 Å². The third-order valence-electron chi connectivity index (χ3n) is 3.76. The Hall–Kier alpha value is -2.47. The Morgan fingerprint density at radius 3 is 2.64 bits per heavy atom. The molecule has 2 aromatic rings. The number of benzene rings is 1. The first-order valence-corrected chi connectivity index (χ1v) is 8.20. The van der Waals surface area contributed by atoms with Crippen molar-refractivity contribution in [3.8, 4) is 11.5 Å². The summed E-state index contributed by atoms with van der Waals surface area (Å²) in [5.41, 5.74) is 2.58. The second-order valence-corrected chi connectivity index (χ2v) is 5.84. The van der Waals surface area contributed by atoms with Crippen molar-refractivity contribution in [1.29, 1.82) is 0 Å². The van der Waals surface area contributed by atoms with Crippen LogP contribution >= 0.6 is 11.6 Å². The van der Waals surface area contributed by atoms with E-state index in [0.717, 1.165) is 16.8 Å². The van der Waals surface area contributed by atoms with Gasteiger partial charge in [-0.2, -0.15) is 5.10 Å². The maximum Gasteiger partial charge on any atom is 0.244 e. The first kappa shape index (κ1) is 18.9. The van der Waals surface area contributed by atoms with Crippen molar-refractivity contribution in [2.75, 3.05) is 20.8 Å². The summed E-state index contributed by atoms with van der Waals surface area (Å²) in [5, 5.41) is 7.55. The molecule has 0 unspecified atom stereocenters. The lowest BCUT2D eigenvalue weighted by Crippen LogP contribution is -2.23. The van der Waals surface area contributed by atoms with Gasteiger partial charge in [0.15, 0.2) is 11.5 Å². The highest BCUT2D eigenvalue weighted by molar-refractivity contribution is 6.31. The lowest BCUT2D eigenvalue weighted by molar-refractivity contribution is -0.116. The molecule has 0 atom stereocenters. The SMILES string of the molecule is COc1ccc(CCNC(=O)/C=C/c2c(C)nn(C)c2Cl)cc1OC. The molecule has 0 aliphatic carbocycles. The Bertz CT molecular complexity index is 784. The molecule has 0 saturated heterocycles. The average molecular weight is 364 g/mol. The predicted octanol–water partition coefficient (Wildman–Crippen LogP) is 2.77. The Morgan fingerprint density at radius 1 is 1.32 bits per heavy atom. The van der Waals surface area contributed by atoms with Gasteiger partial charge in [0, 0.05) is 25.2 Å². The monoisotopic (exact) mass is 363 g/mol. The predicted molar refractivity (Wildman–Crippen MR) is 98.2 cm³/mol. The van der Waals surface area contributed by atoms with Gasteiger partial charge < -0.3 is 14.8 Å². The van der Waals surface area contributed by atoms with E-state index >= 15 is 0 Å². The van der Waals surface area contributed by atoms with Crippen LogP contribution in [0.5, 0.6) is 11.5 Å². The summed E-state index contributed by atoms with van der Waals surface area (Å²) >= 11 is 6.13. The highest BCUT2D eigenvalue weighted by Crippen LogP contribution is 2.27. The third kappa shape index (κ3) is 4.76. The molecule has 25 heavy (non-hydrogen) atoms. The Kier molecular flexibility index (Phi) is 6.47. The molecule has 1 aromatic heterocycles. The number of hydrogen-bond acceptors (Lipinski definition) is 4. The quantitative estimate of drug-likeness (QED) is 0.768. The molecule has 0 spiro atoms. The number of amides is 1. The average Bonchev–Trinajstić information content (AvgIpc) is 2.85. The van der Waals surface area contributed by atoms with Crippen molar-refractivity contribution in [3.05, 3.63) is 46.2 Å². The fraction of sp³-hybridized carbons (Fsp3) is 0.333. The number of nitrogens with zero attached hydrogens (tertiary/aromatic N) is 2. The Balaban J connectivity index is 1.89. The van der Waals surface area contributed by atoms with Crippen LogP contribution in [0.2, 0.25) is 5.15 Å². The van der Waals surface area contributed by atoms with Crippen molar-refractivity contribution in [2.24, 2.45) is 7.05 Å². The molecule has 0 radical (unpaired) electrons. The minimum atomic E-state index is -0.181. The fourth-order valence-electron chi connectivity index (χ4n) is 2.42. The summed E-state index contributed by atoms with van der Waals surface area (Å²) in [6, 6.07) is 5.70. The van der Waals surface area contributed by atoms with Gasteiger partial charge in [0.2, 0.25) is 5.91 Å². The van der Waals surface area contributed by atoms with Crippen molar-refractivity contribution in [1.82, 2.24) is 15.1 Å². The van der Waals surface area contributed by atoms with Gasteiger partial charge in [0.1, 0.15) is 5.15 Å². The van der Waals surface area contributed by atoms with Gasteiger partial charge in [-0.05, 0) is 37.1 Å². The van der Waals surface area contributed by atoms with Crippen molar-refractivity contribution in [3.63, 3.8) is 0 Å². The molecular formula is C18H22ClN3O3. The van der Waals surface area contributed by atoms with E-state index < -0.39 is 0 Å². The molecule has 1 aromatic carbocycles. The zero-order valence-electron chi connectivity index (χ0n) is 14.8. The van der Waals surface area contributed by atoms with Crippen LogP contribution in [-0.4, -0.2) is 36.5 Å². The molecule has 0 bridgehead atoms. The number of rotatable bonds is 7.